The highest BCUT2D eigenvalue weighted by atomic mass is 31.2. The summed E-state index contributed by atoms with van der Waals surface area (Å²) in [4.78, 5) is 35.0. The highest BCUT2D eigenvalue weighted by Gasteiger charge is 2.59. The molecule has 0 aliphatic heterocycles. The lowest BCUT2D eigenvalue weighted by Gasteiger charge is -2.30. The van der Waals surface area contributed by atoms with Gasteiger partial charge >= 0.3 is 15.2 Å². The molecule has 0 saturated carbocycles. The van der Waals surface area contributed by atoms with Crippen LogP contribution in [0.2, 0.25) is 0 Å². The summed E-state index contributed by atoms with van der Waals surface area (Å²) in [7, 11) is -10.9. The molecule has 1 unspecified atom stereocenters. The lowest BCUT2D eigenvalue weighted by Crippen LogP contribution is -2.37. The van der Waals surface area contributed by atoms with Crippen LogP contribution in [0.15, 0.2) is 0 Å². The maximum Gasteiger partial charge on any atom is 0.369 e. The number of nitrogens with two attached hydrogens (primary N) is 1. The minimum atomic E-state index is -5.45. The Bertz CT molecular complexity index is 325. The Balaban J connectivity index is 5.21. The minimum absolute atomic E-state index is 0.164. The van der Waals surface area contributed by atoms with Gasteiger partial charge in [0.25, 0.3) is 5.08 Å². The Morgan fingerprint density at radius 1 is 1.25 bits per heavy atom. The van der Waals surface area contributed by atoms with Crippen LogP contribution in [0.1, 0.15) is 12.8 Å². The molecule has 0 aliphatic rings. The fraction of sp³-hybridized carbons (Fsp3) is 0.800. The third-order valence-electron chi connectivity index (χ3n) is 1.89. The van der Waals surface area contributed by atoms with Gasteiger partial charge < -0.3 is 35.8 Å². The van der Waals surface area contributed by atoms with E-state index in [1.54, 1.807) is 0 Å². The summed E-state index contributed by atoms with van der Waals surface area (Å²) in [5.74, 6) is 0. The first kappa shape index (κ1) is 15.9. The van der Waals surface area contributed by atoms with Crippen LogP contribution in [-0.2, 0) is 9.13 Å². The van der Waals surface area contributed by atoms with Gasteiger partial charge in [0.1, 0.15) is 0 Å². The maximum absolute atomic E-state index is 10.9. The Kier molecular flexibility index (Phi) is 5.00. The van der Waals surface area contributed by atoms with Gasteiger partial charge in [0.05, 0.1) is 0 Å². The van der Waals surface area contributed by atoms with Crippen molar-refractivity contribution in [3.05, 3.63) is 0 Å². The van der Waals surface area contributed by atoms with Crippen LogP contribution in [-0.4, -0.2) is 42.0 Å². The third kappa shape index (κ3) is 3.44. The van der Waals surface area contributed by atoms with Gasteiger partial charge in [-0.2, -0.15) is 0 Å². The highest BCUT2D eigenvalue weighted by Crippen LogP contribution is 2.69. The number of hydrogen-bond donors (Lipinski definition) is 7. The molecule has 16 heavy (non-hydrogen) atoms. The molecule has 0 aromatic carbocycles. The predicted octanol–water partition coefficient (Wildman–Crippen LogP) is -1.26. The second kappa shape index (κ2) is 5.03. The van der Waals surface area contributed by atoms with Gasteiger partial charge in [-0.05, 0) is 12.6 Å². The van der Waals surface area contributed by atoms with Crippen LogP contribution in [0, 0.1) is 5.41 Å². The number of nitrogens with one attached hydrogen (secondary N) is 1. The standard InChI is InChI=1S/C5H14N2O7P2/c6-2-1-4(7)3-5(8,15(9,10)11)16(12,13)14/h2,4,6,8H,1,3,7H2,(H2,9,10,11)(H2,12,13,14). The average Bonchev–Trinajstić information content (AvgIpc) is 1.99. The molecule has 11 heteroatoms. The van der Waals surface area contributed by atoms with E-state index in [1.807, 2.05) is 0 Å². The largest absolute Gasteiger partial charge is 0.369 e. The topological polar surface area (TPSA) is 185 Å². The smallest absolute Gasteiger partial charge is 0.367 e. The molecular formula is C5H14N2O7P2. The molecule has 0 aliphatic carbocycles. The van der Waals surface area contributed by atoms with E-state index < -0.39 is 32.7 Å². The minimum Gasteiger partial charge on any atom is -0.367 e. The van der Waals surface area contributed by atoms with Gasteiger partial charge in [-0.3, -0.25) is 9.13 Å². The Hall–Kier alpha value is -0.110. The fourth-order valence-corrected chi connectivity index (χ4v) is 3.30. The van der Waals surface area contributed by atoms with Gasteiger partial charge in [-0.15, -0.1) is 0 Å². The van der Waals surface area contributed by atoms with Crippen molar-refractivity contribution >= 4 is 21.4 Å². The van der Waals surface area contributed by atoms with Crippen molar-refractivity contribution in [2.45, 2.75) is 24.0 Å². The van der Waals surface area contributed by atoms with Crippen molar-refractivity contribution in [2.75, 3.05) is 0 Å². The molecule has 0 fully saturated rings. The summed E-state index contributed by atoms with van der Waals surface area (Å²) in [5, 5.41) is 12.6. The van der Waals surface area contributed by atoms with Gasteiger partial charge in [-0.1, -0.05) is 0 Å². The first-order valence-electron chi connectivity index (χ1n) is 4.04. The zero-order chi connectivity index (χ0) is 13.2. The van der Waals surface area contributed by atoms with E-state index in [1.165, 1.54) is 0 Å². The fourth-order valence-electron chi connectivity index (χ4n) is 0.994. The molecule has 8 N–H and O–H groups in total. The molecule has 0 bridgehead atoms. The lowest BCUT2D eigenvalue weighted by molar-refractivity contribution is 0.117. The molecule has 0 aromatic heterocycles. The second-order valence-electron chi connectivity index (χ2n) is 3.27. The Morgan fingerprint density at radius 3 is 1.88 bits per heavy atom. The summed E-state index contributed by atoms with van der Waals surface area (Å²) in [5.41, 5.74) is 5.27. The predicted molar refractivity (Wildman–Crippen MR) is 55.0 cm³/mol. The molecule has 1 atom stereocenters. The van der Waals surface area contributed by atoms with Crippen molar-refractivity contribution in [3.63, 3.8) is 0 Å². The summed E-state index contributed by atoms with van der Waals surface area (Å²) < 4.78 is 21.8. The van der Waals surface area contributed by atoms with E-state index in [2.05, 4.69) is 0 Å². The first-order chi connectivity index (χ1) is 6.95. The number of hydrogen-bond acceptors (Lipinski definition) is 5. The van der Waals surface area contributed by atoms with E-state index in [4.69, 9.17) is 30.7 Å². The summed E-state index contributed by atoms with van der Waals surface area (Å²) >= 11 is 0. The van der Waals surface area contributed by atoms with E-state index in [9.17, 15) is 14.2 Å². The van der Waals surface area contributed by atoms with Crippen LogP contribution >= 0.6 is 15.2 Å². The SMILES string of the molecule is N=CCC(N)CC(O)(P(=O)(O)O)P(=O)(O)O. The van der Waals surface area contributed by atoms with Crippen LogP contribution in [0.3, 0.4) is 0 Å². The second-order valence-corrected chi connectivity index (χ2v) is 7.28. The molecule has 0 heterocycles. The van der Waals surface area contributed by atoms with Gasteiger partial charge in [0, 0.05) is 12.5 Å². The highest BCUT2D eigenvalue weighted by molar-refractivity contribution is 7.72. The molecular weight excluding hydrogens is 262 g/mol. The molecule has 0 aromatic rings. The van der Waals surface area contributed by atoms with E-state index >= 15 is 0 Å². The van der Waals surface area contributed by atoms with Gasteiger partial charge in [0.15, 0.2) is 0 Å². The molecule has 0 saturated heterocycles. The number of rotatable bonds is 6. The van der Waals surface area contributed by atoms with Crippen LogP contribution in [0.4, 0.5) is 0 Å². The molecule has 0 rings (SSSR count). The van der Waals surface area contributed by atoms with Crippen molar-refractivity contribution in [1.82, 2.24) is 0 Å². The molecule has 9 nitrogen and oxygen atoms in total. The van der Waals surface area contributed by atoms with E-state index in [-0.39, 0.29) is 6.42 Å². The zero-order valence-electron chi connectivity index (χ0n) is 8.09. The summed E-state index contributed by atoms with van der Waals surface area (Å²) in [6.07, 6.45) is -0.357. The monoisotopic (exact) mass is 276 g/mol. The van der Waals surface area contributed by atoms with Gasteiger partial charge in [0.2, 0.25) is 0 Å². The van der Waals surface area contributed by atoms with E-state index in [0.717, 1.165) is 6.21 Å². The summed E-state index contributed by atoms with van der Waals surface area (Å²) in [6, 6.07) is -1.14. The van der Waals surface area contributed by atoms with Crippen molar-refractivity contribution in [2.24, 2.45) is 5.73 Å². The van der Waals surface area contributed by atoms with Crippen LogP contribution in [0.5, 0.6) is 0 Å². The average molecular weight is 276 g/mol. The van der Waals surface area contributed by atoms with Crippen LogP contribution in [0.25, 0.3) is 0 Å². The van der Waals surface area contributed by atoms with Crippen molar-refractivity contribution in [1.29, 1.82) is 5.41 Å². The number of aliphatic hydroxyl groups is 1. The zero-order valence-corrected chi connectivity index (χ0v) is 9.88. The van der Waals surface area contributed by atoms with Crippen molar-refractivity contribution < 1.29 is 33.8 Å². The van der Waals surface area contributed by atoms with Gasteiger partial charge in [-0.25, -0.2) is 0 Å². The van der Waals surface area contributed by atoms with Crippen molar-refractivity contribution in [3.8, 4) is 0 Å². The van der Waals surface area contributed by atoms with E-state index in [0.29, 0.717) is 0 Å². The normalized spacial score (nSPS) is 15.9. The Morgan fingerprint density at radius 2 is 1.62 bits per heavy atom. The summed E-state index contributed by atoms with van der Waals surface area (Å²) in [6.45, 7) is 0. The van der Waals surface area contributed by atoms with Crippen LogP contribution < -0.4 is 5.73 Å². The third-order valence-corrected chi connectivity index (χ3v) is 5.68. The molecule has 0 amide bonds. The quantitative estimate of drug-likeness (QED) is 0.231. The first-order valence-corrected chi connectivity index (χ1v) is 7.26. The molecule has 0 spiro atoms. The maximum atomic E-state index is 10.9. The Labute approximate surface area is 91.1 Å². The lowest BCUT2D eigenvalue weighted by atomic mass is 10.2. The molecule has 96 valence electrons. The molecule has 0 radical (unpaired) electrons.